The molecule has 198 valence electrons. The zero-order chi connectivity index (χ0) is 27.6. The van der Waals surface area contributed by atoms with Gasteiger partial charge in [-0.1, -0.05) is 51.4 Å². The number of para-hydroxylation sites is 1. The molecule has 4 rings (SSSR count). The van der Waals surface area contributed by atoms with Gasteiger partial charge in [0.25, 0.3) is 0 Å². The summed E-state index contributed by atoms with van der Waals surface area (Å²) in [5, 5.41) is 5.65. The highest BCUT2D eigenvalue weighted by Gasteiger charge is 2.27. The molecule has 0 N–H and O–H groups in total. The molecule has 0 unspecified atom stereocenters. The summed E-state index contributed by atoms with van der Waals surface area (Å²) in [5.74, 6) is -0.549. The van der Waals surface area contributed by atoms with Gasteiger partial charge in [0.1, 0.15) is 17.9 Å². The summed E-state index contributed by atoms with van der Waals surface area (Å²) in [5.41, 5.74) is 4.87. The molecular formula is C29H32ClN5O3. The fraction of sp³-hybridized carbons (Fsp3) is 0.345. The quantitative estimate of drug-likeness (QED) is 0.287. The van der Waals surface area contributed by atoms with Gasteiger partial charge < -0.3 is 4.74 Å². The molecule has 0 bridgehead atoms. The second-order valence-electron chi connectivity index (χ2n) is 9.92. The third-order valence-corrected chi connectivity index (χ3v) is 6.67. The summed E-state index contributed by atoms with van der Waals surface area (Å²) in [6, 6.07) is 9.80. The predicted molar refractivity (Wildman–Crippen MR) is 147 cm³/mol. The number of rotatable bonds is 8. The number of benzene rings is 1. The lowest BCUT2D eigenvalue weighted by atomic mass is 10.0. The number of hydrogen-bond acceptors (Lipinski definition) is 6. The predicted octanol–water partition coefficient (Wildman–Crippen LogP) is 5.74. The van der Waals surface area contributed by atoms with Crippen molar-refractivity contribution in [2.75, 3.05) is 0 Å². The number of amides is 2. The lowest BCUT2D eigenvalue weighted by Gasteiger charge is -2.25. The second kappa shape index (κ2) is 11.3. The molecule has 2 amide bonds. The average Bonchev–Trinajstić information content (AvgIpc) is 3.31. The van der Waals surface area contributed by atoms with Crippen molar-refractivity contribution >= 4 is 34.3 Å². The monoisotopic (exact) mass is 533 g/mol. The highest BCUT2D eigenvalue weighted by molar-refractivity contribution is 6.31. The van der Waals surface area contributed by atoms with Crippen molar-refractivity contribution in [3.05, 3.63) is 70.8 Å². The molecule has 3 aromatic heterocycles. The van der Waals surface area contributed by atoms with Gasteiger partial charge in [-0.15, -0.1) is 0 Å². The highest BCUT2D eigenvalue weighted by atomic mass is 35.5. The SMILES string of the molecule is Cc1cc(-c2ccnn2C)c2cccc(OCc3c(Cl)cncc3CN(C(=O)C(C)C)C(=O)C(C)C)c2n1. The van der Waals surface area contributed by atoms with Crippen molar-refractivity contribution in [3.63, 3.8) is 0 Å². The number of pyridine rings is 2. The van der Waals surface area contributed by atoms with Crippen LogP contribution in [0.1, 0.15) is 44.5 Å². The molecule has 3 heterocycles. The standard InChI is InChI=1S/C29H32ClN5O3/c1-17(2)28(36)35(29(37)18(3)4)15-20-13-31-14-24(30)23(20)16-38-26-9-7-8-21-22(12-19(5)33-27(21)26)25-10-11-32-34(25)6/h7-14,17-18H,15-16H2,1-6H3. The van der Waals surface area contributed by atoms with Gasteiger partial charge in [-0.2, -0.15) is 5.10 Å². The van der Waals surface area contributed by atoms with Gasteiger partial charge in [-0.25, -0.2) is 4.98 Å². The molecule has 0 atom stereocenters. The number of ether oxygens (including phenoxy) is 1. The highest BCUT2D eigenvalue weighted by Crippen LogP contribution is 2.34. The number of nitrogens with zero attached hydrogens (tertiary/aromatic N) is 5. The van der Waals surface area contributed by atoms with Gasteiger partial charge in [0, 0.05) is 59.7 Å². The van der Waals surface area contributed by atoms with Gasteiger partial charge >= 0.3 is 0 Å². The number of aromatic nitrogens is 4. The molecule has 0 saturated heterocycles. The van der Waals surface area contributed by atoms with Crippen LogP contribution < -0.4 is 4.74 Å². The van der Waals surface area contributed by atoms with Gasteiger partial charge in [-0.05, 0) is 30.7 Å². The summed E-state index contributed by atoms with van der Waals surface area (Å²) in [7, 11) is 1.90. The van der Waals surface area contributed by atoms with Crippen LogP contribution in [-0.4, -0.2) is 36.5 Å². The lowest BCUT2D eigenvalue weighted by Crippen LogP contribution is -2.41. The first-order valence-electron chi connectivity index (χ1n) is 12.6. The molecule has 9 heteroatoms. The average molecular weight is 534 g/mol. The normalized spacial score (nSPS) is 11.4. The van der Waals surface area contributed by atoms with Crippen molar-refractivity contribution in [2.24, 2.45) is 18.9 Å². The van der Waals surface area contributed by atoms with E-state index in [4.69, 9.17) is 21.3 Å². The summed E-state index contributed by atoms with van der Waals surface area (Å²) in [6.07, 6.45) is 4.93. The lowest BCUT2D eigenvalue weighted by molar-refractivity contribution is -0.149. The summed E-state index contributed by atoms with van der Waals surface area (Å²) in [6.45, 7) is 9.23. The second-order valence-corrected chi connectivity index (χ2v) is 10.3. The van der Waals surface area contributed by atoms with E-state index in [1.54, 1.807) is 40.1 Å². The van der Waals surface area contributed by atoms with Crippen molar-refractivity contribution in [2.45, 2.75) is 47.8 Å². The van der Waals surface area contributed by atoms with Crippen molar-refractivity contribution in [1.29, 1.82) is 0 Å². The molecule has 0 aliphatic rings. The smallest absolute Gasteiger partial charge is 0.232 e. The van der Waals surface area contributed by atoms with Crippen LogP contribution in [0, 0.1) is 18.8 Å². The largest absolute Gasteiger partial charge is 0.487 e. The van der Waals surface area contributed by atoms with E-state index >= 15 is 0 Å². The number of hydrogen-bond donors (Lipinski definition) is 0. The van der Waals surface area contributed by atoms with Crippen LogP contribution in [0.25, 0.3) is 22.2 Å². The summed E-state index contributed by atoms with van der Waals surface area (Å²) in [4.78, 5) is 36.1. The van der Waals surface area contributed by atoms with Crippen molar-refractivity contribution in [1.82, 2.24) is 24.6 Å². The van der Waals surface area contributed by atoms with Crippen LogP contribution in [0.5, 0.6) is 5.75 Å². The zero-order valence-electron chi connectivity index (χ0n) is 22.5. The molecule has 8 nitrogen and oxygen atoms in total. The Morgan fingerprint density at radius 3 is 2.42 bits per heavy atom. The number of aryl methyl sites for hydroxylation is 2. The number of imide groups is 1. The fourth-order valence-electron chi connectivity index (χ4n) is 4.32. The molecule has 4 aromatic rings. The van der Waals surface area contributed by atoms with Crippen LogP contribution in [-0.2, 0) is 29.8 Å². The minimum Gasteiger partial charge on any atom is -0.487 e. The topological polar surface area (TPSA) is 90.2 Å². The molecular weight excluding hydrogens is 502 g/mol. The molecule has 0 aliphatic carbocycles. The van der Waals surface area contributed by atoms with E-state index in [1.165, 1.54) is 11.1 Å². The summed E-state index contributed by atoms with van der Waals surface area (Å²) >= 11 is 6.56. The van der Waals surface area contributed by atoms with Gasteiger partial charge in [0.05, 0.1) is 17.3 Å². The zero-order valence-corrected chi connectivity index (χ0v) is 23.3. The first-order chi connectivity index (χ1) is 18.1. The van der Waals surface area contributed by atoms with E-state index in [0.717, 1.165) is 27.9 Å². The molecule has 0 spiro atoms. The van der Waals surface area contributed by atoms with Crippen molar-refractivity contribution in [3.8, 4) is 17.0 Å². The van der Waals surface area contributed by atoms with Crippen molar-refractivity contribution < 1.29 is 14.3 Å². The van der Waals surface area contributed by atoms with Gasteiger partial charge in [-0.3, -0.25) is 24.2 Å². The Bertz CT molecular complexity index is 1480. The minimum absolute atomic E-state index is 0.0673. The van der Waals surface area contributed by atoms with E-state index in [2.05, 4.69) is 10.1 Å². The number of carbonyl (C=O) groups excluding carboxylic acids is 2. The third kappa shape index (κ3) is 5.55. The summed E-state index contributed by atoms with van der Waals surface area (Å²) < 4.78 is 8.12. The van der Waals surface area contributed by atoms with Crippen LogP contribution in [0.2, 0.25) is 5.02 Å². The molecule has 0 radical (unpaired) electrons. The minimum atomic E-state index is -0.330. The van der Waals surface area contributed by atoms with Crippen LogP contribution >= 0.6 is 11.6 Å². The Kier molecular flexibility index (Phi) is 8.11. The maximum absolute atomic E-state index is 12.9. The van der Waals surface area contributed by atoms with E-state index in [-0.39, 0.29) is 36.8 Å². The number of halogens is 1. The fourth-order valence-corrected chi connectivity index (χ4v) is 4.56. The maximum atomic E-state index is 12.9. The first kappa shape index (κ1) is 27.3. The van der Waals surface area contributed by atoms with E-state index in [1.807, 2.05) is 49.0 Å². The Balaban J connectivity index is 1.69. The Labute approximate surface area is 227 Å². The Hall–Kier alpha value is -3.78. The van der Waals surface area contributed by atoms with E-state index in [0.29, 0.717) is 21.9 Å². The third-order valence-electron chi connectivity index (χ3n) is 6.34. The Morgan fingerprint density at radius 2 is 1.79 bits per heavy atom. The van der Waals surface area contributed by atoms with E-state index < -0.39 is 0 Å². The van der Waals surface area contributed by atoms with E-state index in [9.17, 15) is 9.59 Å². The molecule has 0 saturated carbocycles. The number of carbonyl (C=O) groups is 2. The van der Waals surface area contributed by atoms with Gasteiger partial charge in [0.15, 0.2) is 0 Å². The van der Waals surface area contributed by atoms with Crippen LogP contribution in [0.4, 0.5) is 0 Å². The molecule has 38 heavy (non-hydrogen) atoms. The molecule has 1 aromatic carbocycles. The first-order valence-corrected chi connectivity index (χ1v) is 12.9. The van der Waals surface area contributed by atoms with Crippen LogP contribution in [0.3, 0.4) is 0 Å². The maximum Gasteiger partial charge on any atom is 0.232 e. The molecule has 0 fully saturated rings. The van der Waals surface area contributed by atoms with Crippen LogP contribution in [0.15, 0.2) is 48.9 Å². The number of fused-ring (bicyclic) bond motifs is 1. The molecule has 0 aliphatic heterocycles. The Morgan fingerprint density at radius 1 is 1.08 bits per heavy atom. The van der Waals surface area contributed by atoms with Gasteiger partial charge in [0.2, 0.25) is 11.8 Å².